The molecule has 0 radical (unpaired) electrons. The van der Waals surface area contributed by atoms with Gasteiger partial charge in [-0.25, -0.2) is 11.4 Å². The maximum Gasteiger partial charge on any atom is 0.408 e. The number of rotatable bonds is 12. The zero-order chi connectivity index (χ0) is 53.1. The highest BCUT2D eigenvalue weighted by atomic mass is 16.6. The molecule has 3 fully saturated rings. The average molecular weight is 1010 g/mol. The number of nitrogens with zero attached hydrogens (tertiary/aromatic N) is 3. The summed E-state index contributed by atoms with van der Waals surface area (Å²) in [5.74, 6) is -8.83. The number of hydrogen-bond donors (Lipinski definition) is 14. The van der Waals surface area contributed by atoms with Crippen LogP contribution in [0.5, 0.6) is 11.5 Å². The second kappa shape index (κ2) is 25.1. The van der Waals surface area contributed by atoms with Gasteiger partial charge in [0.05, 0.1) is 43.6 Å². The molecule has 394 valence electrons. The zero-order valence-electron chi connectivity index (χ0n) is 39.9. The third-order valence-corrected chi connectivity index (χ3v) is 11.7. The van der Waals surface area contributed by atoms with Crippen molar-refractivity contribution in [1.29, 1.82) is 0 Å². The quantitative estimate of drug-likeness (QED) is 0.0684. The van der Waals surface area contributed by atoms with Gasteiger partial charge in [0.25, 0.3) is 0 Å². The van der Waals surface area contributed by atoms with Gasteiger partial charge in [-0.1, -0.05) is 13.0 Å². The van der Waals surface area contributed by atoms with E-state index in [1.165, 1.54) is 45.9 Å². The standard InChI is InChI=1S/C44H66N10O17/c1-20-18-54-35(36(20)62)40(66)48-16-23(56)13-25(49-43(69)71-44(3,4)5)37(63)50-32(21(2)55)41(67)53-19-24(57)14-26(53)38(64)51-33(39(65)52-34(42(54)68)29(60)17-46-6)28(59)11-22-7-8-27(58)30(12-22)70-10-9-47-31(61)15-45/h7-8,12,20-21,23-26,28-29,32-36,55-60,62H,9-11,13-19,45H2,1-5H3,(H,47,61)(H,48,66)(H,49,69)(H,50,63)(H,51,64)(H,52,65)/t20-,21+,23+,24+,25?,26-,28+,29+,32-,33-,34-,35-,36-/m0/s1. The van der Waals surface area contributed by atoms with Gasteiger partial charge in [0.2, 0.25) is 47.9 Å². The number of nitrogens with two attached hydrogens (primary N) is 1. The number of hydrogen-bond acceptors (Lipinski definition) is 18. The first-order valence-electron chi connectivity index (χ1n) is 22.9. The van der Waals surface area contributed by atoms with Crippen molar-refractivity contribution in [2.24, 2.45) is 11.7 Å². The van der Waals surface area contributed by atoms with E-state index in [4.69, 9.17) is 21.8 Å². The Balaban J connectivity index is 1.81. The van der Waals surface area contributed by atoms with Gasteiger partial charge in [-0.15, -0.1) is 0 Å². The number of ether oxygens (including phenoxy) is 2. The van der Waals surface area contributed by atoms with Gasteiger partial charge in [0.15, 0.2) is 17.6 Å². The zero-order valence-corrected chi connectivity index (χ0v) is 39.9. The van der Waals surface area contributed by atoms with E-state index in [1.807, 2.05) is 0 Å². The molecule has 8 amide bonds. The van der Waals surface area contributed by atoms with E-state index in [9.17, 15) is 74.1 Å². The molecular weight excluding hydrogens is 941 g/mol. The molecule has 27 nitrogen and oxygen atoms in total. The van der Waals surface area contributed by atoms with Gasteiger partial charge in [0.1, 0.15) is 48.5 Å². The number of nitrogens with one attached hydrogen (secondary N) is 6. The van der Waals surface area contributed by atoms with Crippen molar-refractivity contribution in [1.82, 2.24) is 41.7 Å². The normalized spacial score (nSPS) is 28.5. The summed E-state index contributed by atoms with van der Waals surface area (Å²) in [7, 11) is 0. The van der Waals surface area contributed by atoms with Crippen molar-refractivity contribution in [3.05, 3.63) is 35.2 Å². The van der Waals surface area contributed by atoms with Gasteiger partial charge in [-0.2, -0.15) is 0 Å². The van der Waals surface area contributed by atoms with E-state index < -0.39 is 171 Å². The van der Waals surface area contributed by atoms with Crippen LogP contribution in [0.15, 0.2) is 18.2 Å². The van der Waals surface area contributed by atoms with Crippen LogP contribution < -0.4 is 42.4 Å². The fourth-order valence-corrected chi connectivity index (χ4v) is 8.15. The number of amides is 8. The van der Waals surface area contributed by atoms with Gasteiger partial charge in [0, 0.05) is 44.8 Å². The summed E-state index contributed by atoms with van der Waals surface area (Å²) in [6, 6.07) is -7.43. The van der Waals surface area contributed by atoms with E-state index >= 15 is 0 Å². The highest BCUT2D eigenvalue weighted by Gasteiger charge is 2.50. The number of aliphatic hydroxyl groups excluding tert-OH is 6. The smallest absolute Gasteiger partial charge is 0.408 e. The number of aliphatic hydroxyl groups is 6. The maximum absolute atomic E-state index is 14.5. The summed E-state index contributed by atoms with van der Waals surface area (Å²) in [5, 5.41) is 91.7. The molecule has 0 saturated carbocycles. The number of aromatic hydroxyl groups is 1. The van der Waals surface area contributed by atoms with Crippen LogP contribution in [0.2, 0.25) is 0 Å². The largest absolute Gasteiger partial charge is 0.504 e. The molecule has 1 unspecified atom stereocenters. The van der Waals surface area contributed by atoms with Crippen LogP contribution in [0, 0.1) is 12.5 Å². The van der Waals surface area contributed by atoms with E-state index in [-0.39, 0.29) is 43.3 Å². The molecular formula is C44H66N10O17. The lowest BCUT2D eigenvalue weighted by atomic mass is 9.99. The van der Waals surface area contributed by atoms with Crippen LogP contribution in [-0.4, -0.2) is 217 Å². The molecule has 0 bridgehead atoms. The minimum Gasteiger partial charge on any atom is -0.504 e. The molecule has 1 aromatic carbocycles. The third kappa shape index (κ3) is 15.5. The summed E-state index contributed by atoms with van der Waals surface area (Å²) >= 11 is 0. The van der Waals surface area contributed by atoms with Crippen LogP contribution in [0.4, 0.5) is 4.79 Å². The minimum atomic E-state index is -2.11. The number of carbonyl (C=O) groups is 8. The number of phenols is 1. The molecule has 13 atom stereocenters. The number of phenolic OH excluding ortho intramolecular Hbond substituents is 1. The highest BCUT2D eigenvalue weighted by molar-refractivity contribution is 5.98. The fourth-order valence-electron chi connectivity index (χ4n) is 8.15. The Morgan fingerprint density at radius 1 is 0.887 bits per heavy atom. The number of benzene rings is 1. The SMILES string of the molecule is [C-]#[N+]C[C@@H](O)[C@@H]1NC(=O)[C@H]([C@H](O)Cc2ccc(O)c(OCCNC(=O)CN)c2)NC(=O)[C@@H]2C[C@@H](O)CN2C(=O)[C@H]([C@@H](C)O)NC(=O)C(NC(=O)OC(C)(C)C)C[C@@H](O)CNC(=O)[C@@H]2[C@@H](O)[C@@H](C)CN2C1=O. The van der Waals surface area contributed by atoms with Crippen molar-refractivity contribution in [3.63, 3.8) is 0 Å². The molecule has 0 aliphatic carbocycles. The summed E-state index contributed by atoms with van der Waals surface area (Å²) in [5.41, 5.74) is 4.40. The first-order chi connectivity index (χ1) is 33.3. The molecule has 1 aromatic rings. The average Bonchev–Trinajstić information content (AvgIpc) is 3.83. The number of β-amino-alcohol motifs (C(OH)–C–C–N with tert-alkyl or cyclic N) is 1. The van der Waals surface area contributed by atoms with E-state index in [0.717, 1.165) is 16.7 Å². The minimum absolute atomic E-state index is 0.00870. The van der Waals surface area contributed by atoms with Crippen molar-refractivity contribution in [2.75, 3.05) is 45.9 Å². The first kappa shape index (κ1) is 57.2. The van der Waals surface area contributed by atoms with Crippen LogP contribution in [0.25, 0.3) is 4.85 Å². The Morgan fingerprint density at radius 3 is 2.17 bits per heavy atom. The second-order valence-corrected chi connectivity index (χ2v) is 18.7. The van der Waals surface area contributed by atoms with Crippen LogP contribution >= 0.6 is 0 Å². The lowest BCUT2D eigenvalue weighted by Crippen LogP contribution is -2.64. The maximum atomic E-state index is 14.5. The molecule has 3 heterocycles. The van der Waals surface area contributed by atoms with E-state index in [1.54, 1.807) is 0 Å². The molecule has 0 spiro atoms. The van der Waals surface area contributed by atoms with Crippen molar-refractivity contribution in [3.8, 4) is 11.5 Å². The van der Waals surface area contributed by atoms with Gasteiger partial charge < -0.3 is 97.5 Å². The topological polar surface area (TPSA) is 406 Å². The Morgan fingerprint density at radius 2 is 1.54 bits per heavy atom. The van der Waals surface area contributed by atoms with Crippen molar-refractivity contribution in [2.45, 2.75) is 132 Å². The Hall–Kier alpha value is -6.41. The number of alkyl carbamates (subject to hydrolysis) is 1. The molecule has 15 N–H and O–H groups in total. The van der Waals surface area contributed by atoms with Crippen LogP contribution in [-0.2, 0) is 44.7 Å². The lowest BCUT2D eigenvalue weighted by molar-refractivity contribution is -0.147. The third-order valence-electron chi connectivity index (χ3n) is 11.7. The Kier molecular flexibility index (Phi) is 20.2. The van der Waals surface area contributed by atoms with Gasteiger partial charge in [-0.05, 0) is 45.4 Å². The Labute approximate surface area is 408 Å². The fraction of sp³-hybridized carbons (Fsp3) is 0.659. The monoisotopic (exact) mass is 1010 g/mol. The van der Waals surface area contributed by atoms with Gasteiger partial charge >= 0.3 is 6.09 Å². The summed E-state index contributed by atoms with van der Waals surface area (Å²) in [4.78, 5) is 115. The van der Waals surface area contributed by atoms with Crippen LogP contribution in [0.1, 0.15) is 53.0 Å². The first-order valence-corrected chi connectivity index (χ1v) is 22.9. The highest BCUT2D eigenvalue weighted by Crippen LogP contribution is 2.29. The van der Waals surface area contributed by atoms with E-state index in [0.29, 0.717) is 0 Å². The summed E-state index contributed by atoms with van der Waals surface area (Å²) in [6.07, 6.45) is -13.1. The summed E-state index contributed by atoms with van der Waals surface area (Å²) in [6.45, 7) is 11.8. The molecule has 3 aliphatic rings. The number of fused-ring (bicyclic) bond motifs is 2. The molecule has 0 aromatic heterocycles. The van der Waals surface area contributed by atoms with Crippen molar-refractivity contribution < 1.29 is 83.6 Å². The molecule has 3 aliphatic heterocycles. The van der Waals surface area contributed by atoms with Crippen molar-refractivity contribution >= 4 is 47.4 Å². The second-order valence-electron chi connectivity index (χ2n) is 18.7. The Bertz CT molecular complexity index is 2150. The summed E-state index contributed by atoms with van der Waals surface area (Å²) < 4.78 is 10.9. The molecule has 27 heteroatoms. The van der Waals surface area contributed by atoms with Crippen LogP contribution in [0.3, 0.4) is 0 Å². The molecule has 4 rings (SSSR count). The van der Waals surface area contributed by atoms with E-state index in [2.05, 4.69) is 36.7 Å². The predicted octanol–water partition coefficient (Wildman–Crippen LogP) is -6.19. The predicted molar refractivity (Wildman–Crippen MR) is 244 cm³/mol. The lowest BCUT2D eigenvalue weighted by Gasteiger charge is -2.33. The van der Waals surface area contributed by atoms with Gasteiger partial charge in [-0.3, -0.25) is 33.6 Å². The molecule has 71 heavy (non-hydrogen) atoms. The number of carbonyl (C=O) groups excluding carboxylic acids is 8. The molecule has 3 saturated heterocycles.